The van der Waals surface area contributed by atoms with Crippen molar-refractivity contribution in [1.29, 1.82) is 0 Å². The minimum atomic E-state index is 0.208. The highest BCUT2D eigenvalue weighted by molar-refractivity contribution is 6.45. The lowest BCUT2D eigenvalue weighted by molar-refractivity contribution is 0.566. The molecule has 4 nitrogen and oxygen atoms in total. The molecule has 2 heterocycles. The molecule has 2 unspecified atom stereocenters. The molecule has 2 aromatic rings. The molecule has 2 aromatic carbocycles. The number of benzene rings is 2. The Morgan fingerprint density at radius 2 is 1.73 bits per heavy atom. The molecule has 2 atom stereocenters. The molecule has 5 rings (SSSR count). The number of fused-ring (bicyclic) bond motifs is 2. The van der Waals surface area contributed by atoms with Gasteiger partial charge in [0.05, 0.1) is 11.4 Å². The van der Waals surface area contributed by atoms with Crippen LogP contribution in [0.15, 0.2) is 70.4 Å². The summed E-state index contributed by atoms with van der Waals surface area (Å²) in [5.74, 6) is 2.44. The molecule has 0 aromatic heterocycles. The Hall–Kier alpha value is -2.97. The average molecular weight is 341 g/mol. The second-order valence-electron chi connectivity index (χ2n) is 7.11. The average Bonchev–Trinajstić information content (AvgIpc) is 3.29. The standard InChI is InChI=1S/C22H19N3O/c26-14-22-23-19-11-10-16(12-20(19)24-22)25-13-18(15-6-2-1-3-7-15)17-8-4-5-9-21(17)25/h1-9,16,18H,10-13H2. The summed E-state index contributed by atoms with van der Waals surface area (Å²) in [4.78, 5) is 22.0. The van der Waals surface area contributed by atoms with Gasteiger partial charge in [-0.2, -0.15) is 0 Å². The van der Waals surface area contributed by atoms with Crippen LogP contribution in [-0.2, 0) is 4.79 Å². The van der Waals surface area contributed by atoms with Crippen LogP contribution in [0.25, 0.3) is 0 Å². The fourth-order valence-corrected chi connectivity index (χ4v) is 4.47. The van der Waals surface area contributed by atoms with Gasteiger partial charge in [0.15, 0.2) is 5.94 Å². The van der Waals surface area contributed by atoms with Crippen molar-refractivity contribution in [1.82, 2.24) is 0 Å². The molecule has 26 heavy (non-hydrogen) atoms. The summed E-state index contributed by atoms with van der Waals surface area (Å²) in [7, 11) is 0. The minimum Gasteiger partial charge on any atom is -0.367 e. The van der Waals surface area contributed by atoms with Crippen LogP contribution < -0.4 is 4.90 Å². The van der Waals surface area contributed by atoms with Gasteiger partial charge in [-0.3, -0.25) is 0 Å². The zero-order valence-electron chi connectivity index (χ0n) is 14.4. The van der Waals surface area contributed by atoms with Crippen LogP contribution in [0.2, 0.25) is 0 Å². The lowest BCUT2D eigenvalue weighted by Gasteiger charge is -2.33. The van der Waals surface area contributed by atoms with Crippen molar-refractivity contribution < 1.29 is 4.79 Å². The van der Waals surface area contributed by atoms with Crippen LogP contribution >= 0.6 is 0 Å². The maximum absolute atomic E-state index is 10.9. The Morgan fingerprint density at radius 1 is 0.962 bits per heavy atom. The van der Waals surface area contributed by atoms with Crippen LogP contribution in [0.5, 0.6) is 0 Å². The summed E-state index contributed by atoms with van der Waals surface area (Å²) in [5, 5.41) is 0. The van der Waals surface area contributed by atoms with Gasteiger partial charge >= 0.3 is 0 Å². The van der Waals surface area contributed by atoms with Crippen LogP contribution in [0.3, 0.4) is 0 Å². The van der Waals surface area contributed by atoms with Gasteiger partial charge in [-0.15, -0.1) is 0 Å². The van der Waals surface area contributed by atoms with E-state index in [-0.39, 0.29) is 5.82 Å². The molecule has 1 saturated carbocycles. The van der Waals surface area contributed by atoms with Crippen LogP contribution in [-0.4, -0.2) is 30.0 Å². The van der Waals surface area contributed by atoms with Crippen LogP contribution in [0.1, 0.15) is 36.3 Å². The van der Waals surface area contributed by atoms with Gasteiger partial charge in [0.25, 0.3) is 0 Å². The lowest BCUT2D eigenvalue weighted by Crippen LogP contribution is -2.40. The van der Waals surface area contributed by atoms with E-state index in [0.717, 1.165) is 37.2 Å². The second kappa shape index (κ2) is 6.08. The van der Waals surface area contributed by atoms with Crippen molar-refractivity contribution in [2.45, 2.75) is 31.2 Å². The minimum absolute atomic E-state index is 0.208. The van der Waals surface area contributed by atoms with Gasteiger partial charge in [0.2, 0.25) is 5.82 Å². The number of aliphatic imine (C=N–C) groups is 2. The van der Waals surface area contributed by atoms with E-state index in [1.807, 2.05) is 5.94 Å². The van der Waals surface area contributed by atoms with Crippen LogP contribution in [0.4, 0.5) is 5.69 Å². The number of hydrogen-bond donors (Lipinski definition) is 0. The molecule has 0 saturated heterocycles. The Labute approximate surface area is 152 Å². The van der Waals surface area contributed by atoms with Gasteiger partial charge in [-0.1, -0.05) is 48.5 Å². The topological polar surface area (TPSA) is 45.0 Å². The predicted octanol–water partition coefficient (Wildman–Crippen LogP) is 3.76. The first-order valence-corrected chi connectivity index (χ1v) is 9.14. The molecule has 0 radical (unpaired) electrons. The number of rotatable bonds is 2. The molecule has 1 fully saturated rings. The number of anilines is 1. The zero-order chi connectivity index (χ0) is 17.5. The first-order chi connectivity index (χ1) is 12.8. The number of para-hydroxylation sites is 1. The largest absolute Gasteiger partial charge is 0.367 e. The predicted molar refractivity (Wildman–Crippen MR) is 104 cm³/mol. The smallest absolute Gasteiger partial charge is 0.239 e. The van der Waals surface area contributed by atoms with Gasteiger partial charge < -0.3 is 4.90 Å². The van der Waals surface area contributed by atoms with Gasteiger partial charge in [-0.25, -0.2) is 14.8 Å². The van der Waals surface area contributed by atoms with E-state index in [2.05, 4.69) is 69.5 Å². The summed E-state index contributed by atoms with van der Waals surface area (Å²) >= 11 is 0. The Bertz CT molecular complexity index is 970. The van der Waals surface area contributed by atoms with Gasteiger partial charge in [0, 0.05) is 30.6 Å². The molecule has 0 bridgehead atoms. The summed E-state index contributed by atoms with van der Waals surface area (Å²) in [6.45, 7) is 0.990. The summed E-state index contributed by atoms with van der Waals surface area (Å²) < 4.78 is 0. The Balaban J connectivity index is 1.48. The normalized spacial score (nSPS) is 23.8. The van der Waals surface area contributed by atoms with E-state index in [1.54, 1.807) is 0 Å². The third-order valence-electron chi connectivity index (χ3n) is 5.69. The molecule has 3 aliphatic rings. The van der Waals surface area contributed by atoms with Gasteiger partial charge in [-0.05, 0) is 30.0 Å². The van der Waals surface area contributed by atoms with Crippen molar-refractivity contribution in [3.8, 4) is 0 Å². The van der Waals surface area contributed by atoms with Crippen molar-refractivity contribution in [3.63, 3.8) is 0 Å². The van der Waals surface area contributed by atoms with Gasteiger partial charge in [0.1, 0.15) is 0 Å². The quantitative estimate of drug-likeness (QED) is 0.781. The molecule has 0 spiro atoms. The fourth-order valence-electron chi connectivity index (χ4n) is 4.47. The second-order valence-corrected chi connectivity index (χ2v) is 7.11. The third kappa shape index (κ3) is 2.42. The SMILES string of the molecule is O=C=C1N=C2CCC(N3CC(c4ccccc4)c4ccccc43)CC2=N1. The number of hydrogen-bond acceptors (Lipinski definition) is 4. The maximum Gasteiger partial charge on any atom is 0.239 e. The summed E-state index contributed by atoms with van der Waals surface area (Å²) in [5.41, 5.74) is 6.05. The van der Waals surface area contributed by atoms with E-state index in [9.17, 15) is 4.79 Å². The van der Waals surface area contributed by atoms with E-state index in [0.29, 0.717) is 12.0 Å². The summed E-state index contributed by atoms with van der Waals surface area (Å²) in [6, 6.07) is 19.9. The highest BCUT2D eigenvalue weighted by Gasteiger charge is 2.37. The molecule has 128 valence electrons. The first kappa shape index (κ1) is 15.3. The van der Waals surface area contributed by atoms with E-state index in [4.69, 9.17) is 0 Å². The van der Waals surface area contributed by atoms with E-state index < -0.39 is 0 Å². The number of carbonyl (C=O) groups excluding carboxylic acids is 1. The monoisotopic (exact) mass is 341 g/mol. The van der Waals surface area contributed by atoms with E-state index >= 15 is 0 Å². The number of nitrogens with zero attached hydrogens (tertiary/aromatic N) is 3. The zero-order valence-corrected chi connectivity index (χ0v) is 14.4. The third-order valence-corrected chi connectivity index (χ3v) is 5.69. The highest BCUT2D eigenvalue weighted by atomic mass is 16.1. The molecule has 4 heteroatoms. The Kier molecular flexibility index (Phi) is 3.58. The van der Waals surface area contributed by atoms with Crippen molar-refractivity contribution in [2.75, 3.05) is 11.4 Å². The van der Waals surface area contributed by atoms with Crippen molar-refractivity contribution in [2.24, 2.45) is 9.98 Å². The molecular weight excluding hydrogens is 322 g/mol. The Morgan fingerprint density at radius 3 is 2.58 bits per heavy atom. The maximum atomic E-state index is 10.9. The molecule has 0 N–H and O–H groups in total. The molecule has 0 amide bonds. The molecular formula is C22H19N3O. The fraction of sp³-hybridized carbons (Fsp3) is 0.273. The van der Waals surface area contributed by atoms with Crippen molar-refractivity contribution >= 4 is 23.1 Å². The van der Waals surface area contributed by atoms with Crippen LogP contribution in [0, 0.1) is 0 Å². The first-order valence-electron chi connectivity index (χ1n) is 9.14. The van der Waals surface area contributed by atoms with E-state index in [1.165, 1.54) is 16.8 Å². The highest BCUT2D eigenvalue weighted by Crippen LogP contribution is 2.42. The lowest BCUT2D eigenvalue weighted by atomic mass is 9.90. The molecule has 1 aliphatic carbocycles. The van der Waals surface area contributed by atoms with Crippen molar-refractivity contribution in [3.05, 3.63) is 71.5 Å². The molecule has 2 aliphatic heterocycles. The summed E-state index contributed by atoms with van der Waals surface area (Å²) in [6.07, 6.45) is 2.77.